The summed E-state index contributed by atoms with van der Waals surface area (Å²) in [4.78, 5) is 3.39. The van der Waals surface area contributed by atoms with Crippen LogP contribution in [0, 0.1) is 0 Å². The van der Waals surface area contributed by atoms with Crippen LogP contribution in [0.5, 0.6) is 0 Å². The molecule has 0 N–H and O–H groups in total. The number of hydrogen-bond acceptors (Lipinski definition) is 7. The zero-order valence-corrected chi connectivity index (χ0v) is 20.2. The molecule has 0 amide bonds. The number of halogens is 2. The van der Waals surface area contributed by atoms with E-state index in [1.165, 1.54) is 24.7 Å². The van der Waals surface area contributed by atoms with Crippen LogP contribution >= 0.6 is 11.3 Å². The molecule has 7 nitrogen and oxygen atoms in total. The Balaban J connectivity index is 1.65. The van der Waals surface area contributed by atoms with Crippen molar-refractivity contribution < 1.29 is 26.7 Å². The minimum Gasteiger partial charge on any atom is -0.380 e. The minimum atomic E-state index is -3.04. The number of fused-ring (bicyclic) bond motifs is 1. The zero-order valence-electron chi connectivity index (χ0n) is 18.6. The maximum Gasteiger partial charge on any atom is 0.273 e. The summed E-state index contributed by atoms with van der Waals surface area (Å²) in [5.74, 6) is 0.0560. The quantitative estimate of drug-likeness (QED) is 0.565. The topological polar surface area (TPSA) is 73.7 Å². The highest BCUT2D eigenvalue weighted by atomic mass is 32.2. The van der Waals surface area contributed by atoms with Crippen LogP contribution in [0.1, 0.15) is 39.3 Å². The van der Waals surface area contributed by atoms with Gasteiger partial charge in [0.2, 0.25) is 0 Å². The Morgan fingerprint density at radius 3 is 2.81 bits per heavy atom. The van der Waals surface area contributed by atoms with Crippen LogP contribution in [-0.4, -0.2) is 68.5 Å². The molecule has 1 aliphatic heterocycles. The number of aromatic nitrogens is 2. The molecule has 0 spiro atoms. The lowest BCUT2D eigenvalue weighted by Gasteiger charge is -2.21. The van der Waals surface area contributed by atoms with Crippen molar-refractivity contribution in [3.05, 3.63) is 38.8 Å². The number of alkyl halides is 2. The Bertz CT molecular complexity index is 976. The van der Waals surface area contributed by atoms with Gasteiger partial charge in [-0.25, -0.2) is 17.2 Å². The summed E-state index contributed by atoms with van der Waals surface area (Å²) >= 11 is 1.20. The molecular formula is C21H31F2N3O4S2. The number of nitrogens with zero attached hydrogens (tertiary/aromatic N) is 3. The summed E-state index contributed by atoms with van der Waals surface area (Å²) in [6.45, 7) is 3.81. The summed E-state index contributed by atoms with van der Waals surface area (Å²) in [6.07, 6.45) is 4.57. The van der Waals surface area contributed by atoms with Gasteiger partial charge in [-0.05, 0) is 31.4 Å². The second-order valence-electron chi connectivity index (χ2n) is 8.06. The van der Waals surface area contributed by atoms with E-state index in [0.717, 1.165) is 41.9 Å². The first-order chi connectivity index (χ1) is 15.3. The lowest BCUT2D eigenvalue weighted by atomic mass is 10.0. The van der Waals surface area contributed by atoms with Gasteiger partial charge in [-0.1, -0.05) is 0 Å². The van der Waals surface area contributed by atoms with Crippen LogP contribution < -0.4 is 0 Å². The standard InChI is InChI=1S/C21H31F2N3O4S2/c1-29-15-18-17-5-9-30-10-7-25(6-3-4-19(17)31-20(18)21(22)23)13-16-12-24-26(14-16)8-11-32(2,27)28/h12,14,21H,3-11,13,15H2,1-2H3. The van der Waals surface area contributed by atoms with E-state index < -0.39 is 16.3 Å². The average molecular weight is 492 g/mol. The third-order valence-electron chi connectivity index (χ3n) is 5.43. The Morgan fingerprint density at radius 2 is 2.09 bits per heavy atom. The van der Waals surface area contributed by atoms with Gasteiger partial charge in [0.05, 0.1) is 43.2 Å². The van der Waals surface area contributed by atoms with Crippen molar-refractivity contribution in [1.82, 2.24) is 14.7 Å². The van der Waals surface area contributed by atoms with E-state index in [4.69, 9.17) is 9.47 Å². The van der Waals surface area contributed by atoms with Gasteiger partial charge in [0.1, 0.15) is 9.84 Å². The van der Waals surface area contributed by atoms with Crippen molar-refractivity contribution in [2.75, 3.05) is 45.4 Å². The summed E-state index contributed by atoms with van der Waals surface area (Å²) < 4.78 is 62.5. The fraction of sp³-hybridized carbons (Fsp3) is 0.667. The summed E-state index contributed by atoms with van der Waals surface area (Å²) in [6, 6.07) is 0. The molecule has 0 unspecified atom stereocenters. The highest BCUT2D eigenvalue weighted by molar-refractivity contribution is 7.90. The van der Waals surface area contributed by atoms with E-state index in [1.807, 2.05) is 6.20 Å². The molecular weight excluding hydrogens is 460 g/mol. The molecule has 180 valence electrons. The van der Waals surface area contributed by atoms with Crippen LogP contribution in [0.25, 0.3) is 0 Å². The summed E-state index contributed by atoms with van der Waals surface area (Å²) in [7, 11) is -1.51. The first kappa shape index (κ1) is 25.2. The fourth-order valence-corrected chi connectivity index (χ4v) is 5.65. The number of sulfone groups is 1. The molecule has 0 atom stereocenters. The van der Waals surface area contributed by atoms with Crippen LogP contribution in [0.2, 0.25) is 0 Å². The lowest BCUT2D eigenvalue weighted by molar-refractivity contribution is 0.103. The largest absolute Gasteiger partial charge is 0.380 e. The van der Waals surface area contributed by atoms with E-state index >= 15 is 0 Å². The Labute approximate surface area is 192 Å². The van der Waals surface area contributed by atoms with Crippen molar-refractivity contribution in [3.63, 3.8) is 0 Å². The maximum absolute atomic E-state index is 13.6. The normalized spacial score (nSPS) is 16.8. The van der Waals surface area contributed by atoms with E-state index in [2.05, 4.69) is 10.00 Å². The van der Waals surface area contributed by atoms with Crippen molar-refractivity contribution in [1.29, 1.82) is 0 Å². The van der Waals surface area contributed by atoms with Gasteiger partial charge in [0, 0.05) is 48.7 Å². The van der Waals surface area contributed by atoms with E-state index in [-0.39, 0.29) is 17.2 Å². The van der Waals surface area contributed by atoms with Crippen LogP contribution in [0.3, 0.4) is 0 Å². The number of rotatable bonds is 8. The van der Waals surface area contributed by atoms with Crippen LogP contribution in [0.15, 0.2) is 12.4 Å². The number of aryl methyl sites for hydroxylation is 2. The third-order valence-corrected chi connectivity index (χ3v) is 7.69. The molecule has 0 aliphatic carbocycles. The SMILES string of the molecule is COCc1c(C(F)F)sc2c1CCOCCN(Cc1cnn(CCS(C)(=O)=O)c1)CCC2. The van der Waals surface area contributed by atoms with Gasteiger partial charge in [0.25, 0.3) is 6.43 Å². The number of hydrogen-bond donors (Lipinski definition) is 0. The predicted octanol–water partition coefficient (Wildman–Crippen LogP) is 3.08. The number of methoxy groups -OCH3 is 1. The van der Waals surface area contributed by atoms with Crippen molar-refractivity contribution in [2.24, 2.45) is 0 Å². The van der Waals surface area contributed by atoms with Crippen LogP contribution in [-0.2, 0) is 51.8 Å². The molecule has 0 saturated carbocycles. The fourth-order valence-electron chi connectivity index (χ4n) is 3.87. The van der Waals surface area contributed by atoms with Gasteiger partial charge in [-0.15, -0.1) is 11.3 Å². The van der Waals surface area contributed by atoms with E-state index in [1.54, 1.807) is 10.9 Å². The second-order valence-corrected chi connectivity index (χ2v) is 11.5. The molecule has 3 heterocycles. The molecule has 0 fully saturated rings. The Kier molecular flexibility index (Phi) is 9.18. The zero-order chi connectivity index (χ0) is 23.1. The first-order valence-corrected chi connectivity index (χ1v) is 13.5. The van der Waals surface area contributed by atoms with Crippen molar-refractivity contribution in [2.45, 2.75) is 45.4 Å². The maximum atomic E-state index is 13.6. The third kappa shape index (κ3) is 7.31. The van der Waals surface area contributed by atoms with Crippen molar-refractivity contribution >= 4 is 21.2 Å². The predicted molar refractivity (Wildman–Crippen MR) is 120 cm³/mol. The van der Waals surface area contributed by atoms with Gasteiger partial charge in [0.15, 0.2) is 0 Å². The molecule has 0 bridgehead atoms. The molecule has 0 aromatic carbocycles. The number of thiophene rings is 1. The monoisotopic (exact) mass is 491 g/mol. The molecule has 3 rings (SSSR count). The van der Waals surface area contributed by atoms with E-state index in [9.17, 15) is 17.2 Å². The van der Waals surface area contributed by atoms with E-state index in [0.29, 0.717) is 38.3 Å². The van der Waals surface area contributed by atoms with Crippen molar-refractivity contribution in [3.8, 4) is 0 Å². The molecule has 0 radical (unpaired) electrons. The number of ether oxygens (including phenoxy) is 2. The van der Waals surface area contributed by atoms with Crippen LogP contribution in [0.4, 0.5) is 8.78 Å². The molecule has 2 aromatic rings. The minimum absolute atomic E-state index is 0.0560. The Hall–Kier alpha value is -1.40. The van der Waals surface area contributed by atoms with Gasteiger partial charge in [-0.2, -0.15) is 5.10 Å². The smallest absolute Gasteiger partial charge is 0.273 e. The molecule has 1 aliphatic rings. The van der Waals surface area contributed by atoms with Gasteiger partial charge < -0.3 is 9.47 Å². The van der Waals surface area contributed by atoms with Gasteiger partial charge in [-0.3, -0.25) is 9.58 Å². The lowest BCUT2D eigenvalue weighted by Crippen LogP contribution is -2.28. The summed E-state index contributed by atoms with van der Waals surface area (Å²) in [5, 5.41) is 4.26. The molecule has 11 heteroatoms. The molecule has 32 heavy (non-hydrogen) atoms. The highest BCUT2D eigenvalue weighted by Gasteiger charge is 2.24. The Morgan fingerprint density at radius 1 is 1.28 bits per heavy atom. The average Bonchev–Trinajstić information content (AvgIpc) is 3.29. The molecule has 2 aromatic heterocycles. The molecule has 0 saturated heterocycles. The van der Waals surface area contributed by atoms with Gasteiger partial charge >= 0.3 is 0 Å². The summed E-state index contributed by atoms with van der Waals surface area (Å²) in [5.41, 5.74) is 2.60. The second kappa shape index (κ2) is 11.6. The highest BCUT2D eigenvalue weighted by Crippen LogP contribution is 2.37. The first-order valence-electron chi connectivity index (χ1n) is 10.7.